The van der Waals surface area contributed by atoms with Crippen LogP contribution in [0.2, 0.25) is 0 Å². The van der Waals surface area contributed by atoms with Gasteiger partial charge in [-0.15, -0.1) is 0 Å². The van der Waals surface area contributed by atoms with Gasteiger partial charge in [-0.1, -0.05) is 26.0 Å². The molecule has 0 aliphatic heterocycles. The van der Waals surface area contributed by atoms with Gasteiger partial charge in [0.15, 0.2) is 0 Å². The van der Waals surface area contributed by atoms with E-state index in [1.54, 1.807) is 24.5 Å². The molecule has 0 radical (unpaired) electrons. The van der Waals surface area contributed by atoms with Crippen molar-refractivity contribution in [2.75, 3.05) is 0 Å². The molecule has 24 heavy (non-hydrogen) atoms. The first kappa shape index (κ1) is 16.2. The van der Waals surface area contributed by atoms with Gasteiger partial charge in [-0.05, 0) is 36.6 Å². The van der Waals surface area contributed by atoms with Crippen molar-refractivity contribution in [2.45, 2.75) is 33.4 Å². The van der Waals surface area contributed by atoms with Gasteiger partial charge in [0, 0.05) is 24.5 Å². The number of hydrogen-bond acceptors (Lipinski definition) is 3. The van der Waals surface area contributed by atoms with Gasteiger partial charge in [-0.2, -0.15) is 0 Å². The van der Waals surface area contributed by atoms with Crippen molar-refractivity contribution in [1.82, 2.24) is 19.9 Å². The van der Waals surface area contributed by atoms with E-state index in [4.69, 9.17) is 4.98 Å². The first-order chi connectivity index (χ1) is 11.6. The Balaban J connectivity index is 1.80. The lowest BCUT2D eigenvalue weighted by molar-refractivity contribution is 0.0949. The molecule has 0 unspecified atom stereocenters. The van der Waals surface area contributed by atoms with Crippen molar-refractivity contribution in [3.63, 3.8) is 0 Å². The SMILES string of the molecule is CC(C)CCn1c(CNC(=O)c2ccncc2)nc2ccccc21. The molecule has 1 N–H and O–H groups in total. The van der Waals surface area contributed by atoms with Gasteiger partial charge >= 0.3 is 0 Å². The number of aromatic nitrogens is 3. The molecule has 3 rings (SSSR count). The normalized spacial score (nSPS) is 11.1. The molecule has 1 aromatic carbocycles. The molecule has 0 saturated carbocycles. The summed E-state index contributed by atoms with van der Waals surface area (Å²) in [4.78, 5) is 20.9. The third kappa shape index (κ3) is 3.62. The van der Waals surface area contributed by atoms with Crippen LogP contribution in [-0.2, 0) is 13.1 Å². The second kappa shape index (κ2) is 7.25. The van der Waals surface area contributed by atoms with E-state index in [2.05, 4.69) is 34.8 Å². The summed E-state index contributed by atoms with van der Waals surface area (Å²) < 4.78 is 2.21. The molecule has 0 saturated heterocycles. The molecule has 0 aliphatic carbocycles. The quantitative estimate of drug-likeness (QED) is 0.756. The van der Waals surface area contributed by atoms with Crippen LogP contribution in [0.25, 0.3) is 11.0 Å². The average Bonchev–Trinajstić information content (AvgIpc) is 2.96. The minimum absolute atomic E-state index is 0.111. The lowest BCUT2D eigenvalue weighted by Crippen LogP contribution is -2.25. The van der Waals surface area contributed by atoms with Gasteiger partial charge in [0.2, 0.25) is 0 Å². The molecule has 0 aliphatic rings. The Hall–Kier alpha value is -2.69. The zero-order chi connectivity index (χ0) is 16.9. The van der Waals surface area contributed by atoms with Crippen LogP contribution in [0.5, 0.6) is 0 Å². The lowest BCUT2D eigenvalue weighted by atomic mass is 10.1. The molecule has 0 fully saturated rings. The highest BCUT2D eigenvalue weighted by Gasteiger charge is 2.12. The maximum absolute atomic E-state index is 12.2. The van der Waals surface area contributed by atoms with Crippen molar-refractivity contribution in [2.24, 2.45) is 5.92 Å². The van der Waals surface area contributed by atoms with Crippen LogP contribution in [0.15, 0.2) is 48.8 Å². The summed E-state index contributed by atoms with van der Waals surface area (Å²) in [6.45, 7) is 5.74. The summed E-state index contributed by atoms with van der Waals surface area (Å²) in [7, 11) is 0. The van der Waals surface area contributed by atoms with Crippen molar-refractivity contribution in [3.8, 4) is 0 Å². The van der Waals surface area contributed by atoms with Gasteiger partial charge in [-0.3, -0.25) is 9.78 Å². The van der Waals surface area contributed by atoms with E-state index in [0.717, 1.165) is 29.8 Å². The van der Waals surface area contributed by atoms with E-state index < -0.39 is 0 Å². The minimum Gasteiger partial charge on any atom is -0.345 e. The zero-order valence-corrected chi connectivity index (χ0v) is 14.1. The van der Waals surface area contributed by atoms with E-state index in [0.29, 0.717) is 18.0 Å². The Morgan fingerprint density at radius 1 is 1.17 bits per heavy atom. The fraction of sp³-hybridized carbons (Fsp3) is 0.316. The molecule has 5 heteroatoms. The van der Waals surface area contributed by atoms with Crippen molar-refractivity contribution in [3.05, 3.63) is 60.2 Å². The summed E-state index contributed by atoms with van der Waals surface area (Å²) in [6.07, 6.45) is 4.31. The molecule has 0 atom stereocenters. The Bertz CT molecular complexity index is 824. The highest BCUT2D eigenvalue weighted by molar-refractivity contribution is 5.93. The van der Waals surface area contributed by atoms with Crippen LogP contribution in [0.4, 0.5) is 0 Å². The standard InChI is InChI=1S/C19H22N4O/c1-14(2)9-12-23-17-6-4-3-5-16(17)22-18(23)13-21-19(24)15-7-10-20-11-8-15/h3-8,10-11,14H,9,12-13H2,1-2H3,(H,21,24). The van der Waals surface area contributed by atoms with Gasteiger partial charge in [-0.25, -0.2) is 4.98 Å². The summed E-state index contributed by atoms with van der Waals surface area (Å²) in [5.41, 5.74) is 2.69. The number of benzene rings is 1. The molecule has 2 heterocycles. The molecule has 5 nitrogen and oxygen atoms in total. The monoisotopic (exact) mass is 322 g/mol. The fourth-order valence-electron chi connectivity index (χ4n) is 2.66. The number of rotatable bonds is 6. The number of carbonyl (C=O) groups is 1. The number of imidazole rings is 1. The molecule has 1 amide bonds. The number of para-hydroxylation sites is 2. The van der Waals surface area contributed by atoms with Gasteiger partial charge in [0.05, 0.1) is 17.6 Å². The van der Waals surface area contributed by atoms with Crippen LogP contribution in [0.3, 0.4) is 0 Å². The van der Waals surface area contributed by atoms with E-state index >= 15 is 0 Å². The number of amides is 1. The molecular formula is C19H22N4O. The third-order valence-electron chi connectivity index (χ3n) is 4.01. The van der Waals surface area contributed by atoms with Crippen molar-refractivity contribution >= 4 is 16.9 Å². The predicted molar refractivity (Wildman–Crippen MR) is 94.6 cm³/mol. The number of fused-ring (bicyclic) bond motifs is 1. The number of nitrogens with zero attached hydrogens (tertiary/aromatic N) is 3. The van der Waals surface area contributed by atoms with Crippen LogP contribution >= 0.6 is 0 Å². The number of hydrogen-bond donors (Lipinski definition) is 1. The molecule has 2 aromatic heterocycles. The van der Waals surface area contributed by atoms with Crippen LogP contribution in [0, 0.1) is 5.92 Å². The van der Waals surface area contributed by atoms with Crippen LogP contribution in [-0.4, -0.2) is 20.4 Å². The minimum atomic E-state index is -0.111. The highest BCUT2D eigenvalue weighted by Crippen LogP contribution is 2.18. The molecule has 124 valence electrons. The second-order valence-corrected chi connectivity index (χ2v) is 6.27. The Morgan fingerprint density at radius 2 is 1.92 bits per heavy atom. The van der Waals surface area contributed by atoms with E-state index in [9.17, 15) is 4.79 Å². The molecule has 0 bridgehead atoms. The second-order valence-electron chi connectivity index (χ2n) is 6.27. The number of aryl methyl sites for hydroxylation is 1. The zero-order valence-electron chi connectivity index (χ0n) is 14.1. The van der Waals surface area contributed by atoms with Crippen molar-refractivity contribution in [1.29, 1.82) is 0 Å². The third-order valence-corrected chi connectivity index (χ3v) is 4.01. The van der Waals surface area contributed by atoms with Crippen molar-refractivity contribution < 1.29 is 4.79 Å². The first-order valence-corrected chi connectivity index (χ1v) is 8.27. The van der Waals surface area contributed by atoms with Crippen LogP contribution < -0.4 is 5.32 Å². The number of nitrogens with one attached hydrogen (secondary N) is 1. The number of pyridine rings is 1. The Kier molecular flexibility index (Phi) is 4.89. The molecule has 3 aromatic rings. The summed E-state index contributed by atoms with van der Waals surface area (Å²) in [5.74, 6) is 1.39. The van der Waals surface area contributed by atoms with Crippen LogP contribution in [0.1, 0.15) is 36.5 Å². The summed E-state index contributed by atoms with van der Waals surface area (Å²) in [6, 6.07) is 11.5. The molecular weight excluding hydrogens is 300 g/mol. The Labute approximate surface area is 141 Å². The first-order valence-electron chi connectivity index (χ1n) is 8.27. The van der Waals surface area contributed by atoms with Gasteiger partial charge in [0.1, 0.15) is 5.82 Å². The van der Waals surface area contributed by atoms with Gasteiger partial charge in [0.25, 0.3) is 5.91 Å². The van der Waals surface area contributed by atoms with E-state index in [-0.39, 0.29) is 5.91 Å². The summed E-state index contributed by atoms with van der Waals surface area (Å²) in [5, 5.41) is 2.95. The fourth-order valence-corrected chi connectivity index (χ4v) is 2.66. The van der Waals surface area contributed by atoms with E-state index in [1.165, 1.54) is 0 Å². The maximum Gasteiger partial charge on any atom is 0.251 e. The topological polar surface area (TPSA) is 59.8 Å². The predicted octanol–water partition coefficient (Wildman–Crippen LogP) is 3.41. The molecule has 0 spiro atoms. The summed E-state index contributed by atoms with van der Waals surface area (Å²) >= 11 is 0. The number of carbonyl (C=O) groups excluding carboxylic acids is 1. The average molecular weight is 322 g/mol. The maximum atomic E-state index is 12.2. The van der Waals surface area contributed by atoms with Gasteiger partial charge < -0.3 is 9.88 Å². The largest absolute Gasteiger partial charge is 0.345 e. The smallest absolute Gasteiger partial charge is 0.251 e. The Morgan fingerprint density at radius 3 is 2.67 bits per heavy atom. The highest BCUT2D eigenvalue weighted by atomic mass is 16.1. The van der Waals surface area contributed by atoms with E-state index in [1.807, 2.05) is 18.2 Å². The lowest BCUT2D eigenvalue weighted by Gasteiger charge is -2.11.